The lowest BCUT2D eigenvalue weighted by Gasteiger charge is -2.31. The van der Waals surface area contributed by atoms with Crippen molar-refractivity contribution >= 4 is 15.9 Å². The highest BCUT2D eigenvalue weighted by atomic mass is 32.2. The van der Waals surface area contributed by atoms with Crippen LogP contribution < -0.4 is 10.2 Å². The van der Waals surface area contributed by atoms with Crippen LogP contribution in [0.2, 0.25) is 0 Å². The van der Waals surface area contributed by atoms with Crippen LogP contribution >= 0.6 is 0 Å². The van der Waals surface area contributed by atoms with Gasteiger partial charge in [0.15, 0.2) is 6.54 Å². The van der Waals surface area contributed by atoms with Gasteiger partial charge in [-0.05, 0) is 30.7 Å². The molecule has 0 bridgehead atoms. The summed E-state index contributed by atoms with van der Waals surface area (Å²) in [6.07, 6.45) is 0. The van der Waals surface area contributed by atoms with Crippen LogP contribution in [0.5, 0.6) is 0 Å². The molecule has 2 aromatic carbocycles. The number of benzene rings is 2. The van der Waals surface area contributed by atoms with Crippen molar-refractivity contribution in [2.45, 2.75) is 17.9 Å². The molecule has 1 heterocycles. The molecule has 1 amide bonds. The summed E-state index contributed by atoms with van der Waals surface area (Å²) in [5.41, 5.74) is 1.04. The average Bonchev–Trinajstić information content (AvgIpc) is 2.69. The third-order valence-electron chi connectivity index (χ3n) is 4.95. The van der Waals surface area contributed by atoms with Crippen LogP contribution in [0.3, 0.4) is 0 Å². The molecule has 2 N–H and O–H groups in total. The van der Waals surface area contributed by atoms with Gasteiger partial charge in [-0.1, -0.05) is 36.4 Å². The van der Waals surface area contributed by atoms with E-state index in [1.54, 1.807) is 0 Å². The number of halogens is 1. The normalized spacial score (nSPS) is 17.2. The van der Waals surface area contributed by atoms with Crippen LogP contribution in [0.1, 0.15) is 18.5 Å². The number of quaternary nitrogens is 1. The molecule has 0 aromatic heterocycles. The number of nitrogens with one attached hydrogen (secondary N) is 2. The molecular weight excluding hydrogens is 381 g/mol. The molecule has 0 radical (unpaired) electrons. The first kappa shape index (κ1) is 20.4. The first-order chi connectivity index (χ1) is 13.4. The maximum Gasteiger partial charge on any atom is 0.275 e. The Kier molecular flexibility index (Phi) is 6.43. The topological polar surface area (TPSA) is 70.9 Å². The number of hydrogen-bond acceptors (Lipinski definition) is 3. The SMILES string of the molecule is C[C@H](NC(=O)C[NH+]1CCN(S(=O)(=O)c2cccc(F)c2)CC1)c1ccccc1. The van der Waals surface area contributed by atoms with E-state index in [1.807, 2.05) is 37.3 Å². The fourth-order valence-electron chi connectivity index (χ4n) is 3.34. The number of piperazine rings is 1. The molecule has 0 unspecified atom stereocenters. The quantitative estimate of drug-likeness (QED) is 0.738. The summed E-state index contributed by atoms with van der Waals surface area (Å²) in [5, 5.41) is 2.98. The van der Waals surface area contributed by atoms with Gasteiger partial charge in [0.2, 0.25) is 10.0 Å². The molecule has 1 aliphatic rings. The molecule has 1 atom stereocenters. The molecule has 8 heteroatoms. The molecule has 1 fully saturated rings. The van der Waals surface area contributed by atoms with Crippen molar-refractivity contribution in [2.24, 2.45) is 0 Å². The minimum atomic E-state index is -3.71. The standard InChI is InChI=1S/C20H24FN3O3S/c1-16(17-6-3-2-4-7-17)22-20(25)15-23-10-12-24(13-11-23)28(26,27)19-9-5-8-18(21)14-19/h2-9,14,16H,10-13,15H2,1H3,(H,22,25)/p+1/t16-/m0/s1. The fourth-order valence-corrected chi connectivity index (χ4v) is 4.81. The van der Waals surface area contributed by atoms with Crippen LogP contribution in [0.15, 0.2) is 59.5 Å². The van der Waals surface area contributed by atoms with Crippen LogP contribution in [-0.4, -0.2) is 51.4 Å². The molecule has 1 aliphatic heterocycles. The highest BCUT2D eigenvalue weighted by Crippen LogP contribution is 2.16. The monoisotopic (exact) mass is 406 g/mol. The highest BCUT2D eigenvalue weighted by Gasteiger charge is 2.31. The number of carbonyl (C=O) groups excluding carboxylic acids is 1. The smallest absolute Gasteiger partial charge is 0.275 e. The zero-order valence-corrected chi connectivity index (χ0v) is 16.6. The Bertz CT molecular complexity index is 913. The third-order valence-corrected chi connectivity index (χ3v) is 6.85. The van der Waals surface area contributed by atoms with Crippen molar-refractivity contribution in [1.29, 1.82) is 0 Å². The molecule has 3 rings (SSSR count). The first-order valence-electron chi connectivity index (χ1n) is 9.30. The second-order valence-electron chi connectivity index (χ2n) is 6.99. The molecule has 6 nitrogen and oxygen atoms in total. The lowest BCUT2D eigenvalue weighted by molar-refractivity contribution is -0.895. The van der Waals surface area contributed by atoms with Gasteiger partial charge >= 0.3 is 0 Å². The second kappa shape index (κ2) is 8.81. The number of carbonyl (C=O) groups is 1. The summed E-state index contributed by atoms with van der Waals surface area (Å²) in [4.78, 5) is 13.3. The van der Waals surface area contributed by atoms with Gasteiger partial charge in [0.05, 0.1) is 37.1 Å². The van der Waals surface area contributed by atoms with Crippen LogP contribution in [0, 0.1) is 5.82 Å². The van der Waals surface area contributed by atoms with E-state index in [0.717, 1.165) is 16.5 Å². The van der Waals surface area contributed by atoms with Crippen molar-refractivity contribution in [3.05, 3.63) is 66.0 Å². The van der Waals surface area contributed by atoms with Crippen LogP contribution in [-0.2, 0) is 14.8 Å². The van der Waals surface area contributed by atoms with E-state index < -0.39 is 15.8 Å². The van der Waals surface area contributed by atoms with Gasteiger partial charge in [-0.25, -0.2) is 12.8 Å². The zero-order valence-electron chi connectivity index (χ0n) is 15.8. The summed E-state index contributed by atoms with van der Waals surface area (Å²) in [7, 11) is -3.71. The fraction of sp³-hybridized carbons (Fsp3) is 0.350. The maximum absolute atomic E-state index is 13.4. The molecule has 0 aliphatic carbocycles. The number of sulfonamides is 1. The predicted molar refractivity (Wildman–Crippen MR) is 104 cm³/mol. The molecule has 1 saturated heterocycles. The minimum absolute atomic E-state index is 0.0367. The van der Waals surface area contributed by atoms with Crippen molar-refractivity contribution in [1.82, 2.24) is 9.62 Å². The van der Waals surface area contributed by atoms with Gasteiger partial charge < -0.3 is 10.2 Å². The van der Waals surface area contributed by atoms with E-state index in [2.05, 4.69) is 5.32 Å². The number of nitrogens with zero attached hydrogens (tertiary/aromatic N) is 1. The number of amides is 1. The van der Waals surface area contributed by atoms with Crippen LogP contribution in [0.4, 0.5) is 4.39 Å². The number of hydrogen-bond donors (Lipinski definition) is 2. The van der Waals surface area contributed by atoms with Crippen molar-refractivity contribution in [3.8, 4) is 0 Å². The van der Waals surface area contributed by atoms with Crippen molar-refractivity contribution < 1.29 is 22.5 Å². The molecular formula is C20H25FN3O3S+. The van der Waals surface area contributed by atoms with Crippen molar-refractivity contribution in [3.63, 3.8) is 0 Å². The lowest BCUT2D eigenvalue weighted by Crippen LogP contribution is -3.15. The van der Waals surface area contributed by atoms with E-state index in [4.69, 9.17) is 0 Å². The van der Waals surface area contributed by atoms with Gasteiger partial charge in [0, 0.05) is 0 Å². The van der Waals surface area contributed by atoms with Gasteiger partial charge in [-0.15, -0.1) is 0 Å². The zero-order chi connectivity index (χ0) is 20.1. The average molecular weight is 407 g/mol. The minimum Gasteiger partial charge on any atom is -0.345 e. The Morgan fingerprint density at radius 2 is 1.82 bits per heavy atom. The Morgan fingerprint density at radius 3 is 2.46 bits per heavy atom. The Hall–Kier alpha value is -2.29. The van der Waals surface area contributed by atoms with Gasteiger partial charge in [0.25, 0.3) is 5.91 Å². The molecule has 0 spiro atoms. The summed E-state index contributed by atoms with van der Waals surface area (Å²) in [6.45, 7) is 3.89. The molecule has 2 aromatic rings. The largest absolute Gasteiger partial charge is 0.345 e. The van der Waals surface area contributed by atoms with E-state index in [-0.39, 0.29) is 16.8 Å². The molecule has 150 valence electrons. The van der Waals surface area contributed by atoms with E-state index >= 15 is 0 Å². The summed E-state index contributed by atoms with van der Waals surface area (Å²) in [6, 6.07) is 14.7. The first-order valence-corrected chi connectivity index (χ1v) is 10.7. The van der Waals surface area contributed by atoms with Gasteiger partial charge in [0.1, 0.15) is 5.82 Å². The van der Waals surface area contributed by atoms with E-state index in [1.165, 1.54) is 22.5 Å². The van der Waals surface area contributed by atoms with E-state index in [9.17, 15) is 17.6 Å². The number of rotatable bonds is 6. The van der Waals surface area contributed by atoms with Gasteiger partial charge in [-0.3, -0.25) is 4.79 Å². The Balaban J connectivity index is 1.52. The van der Waals surface area contributed by atoms with Crippen molar-refractivity contribution in [2.75, 3.05) is 32.7 Å². The lowest BCUT2D eigenvalue weighted by atomic mass is 10.1. The second-order valence-corrected chi connectivity index (χ2v) is 8.93. The Labute approximate surface area is 165 Å². The summed E-state index contributed by atoms with van der Waals surface area (Å²) >= 11 is 0. The predicted octanol–water partition coefficient (Wildman–Crippen LogP) is 0.592. The maximum atomic E-state index is 13.4. The summed E-state index contributed by atoms with van der Waals surface area (Å²) < 4.78 is 40.0. The molecule has 0 saturated carbocycles. The highest BCUT2D eigenvalue weighted by molar-refractivity contribution is 7.89. The third kappa shape index (κ3) is 4.95. The van der Waals surface area contributed by atoms with Crippen LogP contribution in [0.25, 0.3) is 0 Å². The van der Waals surface area contributed by atoms with Gasteiger partial charge in [-0.2, -0.15) is 4.31 Å². The van der Waals surface area contributed by atoms with E-state index in [0.29, 0.717) is 32.7 Å². The Morgan fingerprint density at radius 1 is 1.14 bits per heavy atom. The molecule has 28 heavy (non-hydrogen) atoms. The summed E-state index contributed by atoms with van der Waals surface area (Å²) in [5.74, 6) is -0.637.